The van der Waals surface area contributed by atoms with Crippen LogP contribution in [0.4, 0.5) is 0 Å². The van der Waals surface area contributed by atoms with Crippen molar-refractivity contribution in [1.82, 2.24) is 0 Å². The van der Waals surface area contributed by atoms with Gasteiger partial charge in [0.2, 0.25) is 0 Å². The molecule has 0 bridgehead atoms. The molecule has 0 aliphatic rings. The molecule has 0 aromatic heterocycles. The van der Waals surface area contributed by atoms with Gasteiger partial charge in [-0.2, -0.15) is 0 Å². The predicted octanol–water partition coefficient (Wildman–Crippen LogP) is 1.16. The van der Waals surface area contributed by atoms with E-state index in [0.29, 0.717) is 5.75 Å². The van der Waals surface area contributed by atoms with Crippen LogP contribution in [-0.2, 0) is 0 Å². The van der Waals surface area contributed by atoms with Crippen molar-refractivity contribution in [3.63, 3.8) is 0 Å². The van der Waals surface area contributed by atoms with Gasteiger partial charge in [-0.05, 0) is 21.6 Å². The Kier molecular flexibility index (Phi) is 5.18. The molecule has 1 unspecified atom stereocenters. The Morgan fingerprint density at radius 2 is 1.44 bits per heavy atom. The Labute approximate surface area is 56.4 Å². The molecular formula is C6H9O2P. The van der Waals surface area contributed by atoms with E-state index in [-0.39, 0.29) is 0 Å². The molecule has 0 radical (unpaired) electrons. The molecule has 0 saturated carbocycles. The first-order chi connectivity index (χ1) is 4.39. The molecule has 50 valence electrons. The molecule has 0 aliphatic carbocycles. The Hall–Kier alpha value is -0.590. The summed E-state index contributed by atoms with van der Waals surface area (Å²) in [4.78, 5) is 6.92. The number of phenolic OH excluding ortho intramolecular Hbond substituents is 1. The molecule has 0 amide bonds. The lowest BCUT2D eigenvalue weighted by Crippen LogP contribution is -1.56. The van der Waals surface area contributed by atoms with Gasteiger partial charge in [-0.15, -0.1) is 0 Å². The van der Waals surface area contributed by atoms with Crippen molar-refractivity contribution in [1.29, 1.82) is 0 Å². The topological polar surface area (TPSA) is 40.5 Å². The molecule has 0 aliphatic heterocycles. The van der Waals surface area contributed by atoms with Crippen LogP contribution in [0.2, 0.25) is 0 Å². The van der Waals surface area contributed by atoms with Crippen molar-refractivity contribution in [2.24, 2.45) is 0 Å². The van der Waals surface area contributed by atoms with Crippen LogP contribution in [-0.4, -0.2) is 10.00 Å². The second kappa shape index (κ2) is 5.54. The predicted molar refractivity (Wildman–Crippen MR) is 40.0 cm³/mol. The molecule has 1 rings (SSSR count). The Bertz CT molecular complexity index is 141. The Morgan fingerprint density at radius 1 is 1.00 bits per heavy atom. The summed E-state index contributed by atoms with van der Waals surface area (Å²) >= 11 is 0. The summed E-state index contributed by atoms with van der Waals surface area (Å²) < 4.78 is 0. The molecule has 0 heterocycles. The Morgan fingerprint density at radius 3 is 1.67 bits per heavy atom. The molecular weight excluding hydrogens is 135 g/mol. The molecule has 2 nitrogen and oxygen atoms in total. The number of hydrogen-bond donors (Lipinski definition) is 2. The molecule has 0 fully saturated rings. The minimum absolute atomic E-state index is 0.322. The smallest absolute Gasteiger partial charge is 0.115 e. The number of phenols is 1. The van der Waals surface area contributed by atoms with E-state index in [1.807, 2.05) is 6.07 Å². The minimum Gasteiger partial charge on any atom is -0.508 e. The minimum atomic E-state index is 0.322. The van der Waals surface area contributed by atoms with Gasteiger partial charge >= 0.3 is 0 Å². The molecule has 0 saturated heterocycles. The van der Waals surface area contributed by atoms with Gasteiger partial charge in [0, 0.05) is 0 Å². The number of aromatic hydroxyl groups is 1. The Balaban J connectivity index is 0.000000291. The normalized spacial score (nSPS) is 7.33. The highest BCUT2D eigenvalue weighted by Crippen LogP contribution is 2.02. The van der Waals surface area contributed by atoms with Gasteiger partial charge in [-0.25, -0.2) is 0 Å². The van der Waals surface area contributed by atoms with Crippen molar-refractivity contribution in [2.75, 3.05) is 0 Å². The maximum atomic E-state index is 8.63. The molecule has 1 aromatic rings. The average Bonchev–Trinajstić information content (AvgIpc) is 1.94. The number of benzene rings is 1. The fraction of sp³-hybridized carbons (Fsp3) is 0. The summed E-state index contributed by atoms with van der Waals surface area (Å²) in [5.74, 6) is 0.322. The maximum absolute atomic E-state index is 8.63. The van der Waals surface area contributed by atoms with Gasteiger partial charge in [-0.3, -0.25) is 0 Å². The zero-order valence-electron chi connectivity index (χ0n) is 4.86. The monoisotopic (exact) mass is 144 g/mol. The second-order valence-corrected chi connectivity index (χ2v) is 1.34. The largest absolute Gasteiger partial charge is 0.508 e. The first-order valence-corrected chi connectivity index (χ1v) is 2.91. The molecule has 1 atom stereocenters. The molecule has 0 spiro atoms. The van der Waals surface area contributed by atoms with E-state index in [0.717, 1.165) is 0 Å². The third-order valence-electron chi connectivity index (χ3n) is 0.756. The summed E-state index contributed by atoms with van der Waals surface area (Å²) in [6.45, 7) is 0. The summed E-state index contributed by atoms with van der Waals surface area (Å²) in [6.07, 6.45) is 0. The quantitative estimate of drug-likeness (QED) is 0.536. The third-order valence-corrected chi connectivity index (χ3v) is 0.756. The van der Waals surface area contributed by atoms with Crippen LogP contribution in [0, 0.1) is 0 Å². The van der Waals surface area contributed by atoms with E-state index in [1.165, 1.54) is 9.47 Å². The highest BCUT2D eigenvalue weighted by molar-refractivity contribution is 7.08. The lowest BCUT2D eigenvalue weighted by Gasteiger charge is -1.82. The van der Waals surface area contributed by atoms with E-state index < -0.39 is 0 Å². The number of rotatable bonds is 0. The standard InChI is InChI=1S/C6H6O.H3OP/c7-6-4-2-1-3-5-6;1-2/h1-5,7H;1H,2H2. The van der Waals surface area contributed by atoms with Crippen molar-refractivity contribution < 1.29 is 10.00 Å². The fourth-order valence-corrected chi connectivity index (χ4v) is 0.428. The fourth-order valence-electron chi connectivity index (χ4n) is 0.428. The van der Waals surface area contributed by atoms with E-state index in [1.54, 1.807) is 24.3 Å². The average molecular weight is 144 g/mol. The van der Waals surface area contributed by atoms with Crippen LogP contribution in [0.15, 0.2) is 30.3 Å². The van der Waals surface area contributed by atoms with Crippen LogP contribution in [0.5, 0.6) is 5.75 Å². The first-order valence-electron chi connectivity index (χ1n) is 2.39. The maximum Gasteiger partial charge on any atom is 0.115 e. The first kappa shape index (κ1) is 8.41. The van der Waals surface area contributed by atoms with Crippen LogP contribution in [0.1, 0.15) is 0 Å². The molecule has 2 N–H and O–H groups in total. The van der Waals surface area contributed by atoms with Gasteiger partial charge in [0.05, 0.1) is 0 Å². The highest BCUT2D eigenvalue weighted by atomic mass is 31.0. The zero-order chi connectivity index (χ0) is 7.11. The second-order valence-electron chi connectivity index (χ2n) is 1.34. The van der Waals surface area contributed by atoms with Gasteiger partial charge in [0.15, 0.2) is 0 Å². The molecule has 3 heteroatoms. The van der Waals surface area contributed by atoms with Crippen LogP contribution in [0.25, 0.3) is 0 Å². The number of hydrogen-bond acceptors (Lipinski definition) is 2. The van der Waals surface area contributed by atoms with Crippen molar-refractivity contribution >= 4 is 9.47 Å². The van der Waals surface area contributed by atoms with E-state index in [9.17, 15) is 0 Å². The molecule has 9 heavy (non-hydrogen) atoms. The lowest BCUT2D eigenvalue weighted by atomic mass is 10.3. The van der Waals surface area contributed by atoms with E-state index in [2.05, 4.69) is 0 Å². The highest BCUT2D eigenvalue weighted by Gasteiger charge is 1.74. The van der Waals surface area contributed by atoms with Gasteiger partial charge in [0.25, 0.3) is 0 Å². The third kappa shape index (κ3) is 3.95. The summed E-state index contributed by atoms with van der Waals surface area (Å²) in [6, 6.07) is 8.71. The van der Waals surface area contributed by atoms with Gasteiger partial charge < -0.3 is 10.00 Å². The van der Waals surface area contributed by atoms with Crippen LogP contribution in [0.3, 0.4) is 0 Å². The van der Waals surface area contributed by atoms with Gasteiger partial charge in [0.1, 0.15) is 5.75 Å². The van der Waals surface area contributed by atoms with Gasteiger partial charge in [-0.1, -0.05) is 18.2 Å². The van der Waals surface area contributed by atoms with E-state index >= 15 is 0 Å². The van der Waals surface area contributed by atoms with Crippen LogP contribution >= 0.6 is 9.47 Å². The molecule has 1 aromatic carbocycles. The van der Waals surface area contributed by atoms with E-state index in [4.69, 9.17) is 10.00 Å². The number of para-hydroxylation sites is 1. The summed E-state index contributed by atoms with van der Waals surface area (Å²) in [5.41, 5.74) is 0. The SMILES string of the molecule is OP.Oc1ccccc1. The summed E-state index contributed by atoms with van der Waals surface area (Å²) in [5, 5.41) is 8.63. The van der Waals surface area contributed by atoms with Crippen molar-refractivity contribution in [3.05, 3.63) is 30.3 Å². The van der Waals surface area contributed by atoms with Crippen molar-refractivity contribution in [2.45, 2.75) is 0 Å². The summed E-state index contributed by atoms with van der Waals surface area (Å²) in [7, 11) is 1.42. The van der Waals surface area contributed by atoms with Crippen LogP contribution < -0.4 is 0 Å². The lowest BCUT2D eigenvalue weighted by molar-refractivity contribution is 0.475. The zero-order valence-corrected chi connectivity index (χ0v) is 6.01. The van der Waals surface area contributed by atoms with Crippen molar-refractivity contribution in [3.8, 4) is 5.75 Å².